The molecule has 4 nitrogen and oxygen atoms in total. The summed E-state index contributed by atoms with van der Waals surface area (Å²) in [5, 5.41) is 0. The van der Waals surface area contributed by atoms with E-state index in [0.29, 0.717) is 19.6 Å². The Labute approximate surface area is 73.2 Å². The zero-order valence-electron chi connectivity index (χ0n) is 7.58. The quantitative estimate of drug-likeness (QED) is 0.439. The Kier molecular flexibility index (Phi) is 6.70. The molecule has 0 amide bonds. The Hall–Kier alpha value is -0.610. The molecule has 0 aliphatic rings. The largest absolute Gasteiger partial charge is 0.465 e. The van der Waals surface area contributed by atoms with Gasteiger partial charge in [-0.15, -0.1) is 0 Å². The number of carbonyl (C=O) groups is 1. The molecule has 0 aromatic rings. The number of ether oxygens (including phenoxy) is 1. The summed E-state index contributed by atoms with van der Waals surface area (Å²) < 4.78 is 4.88. The summed E-state index contributed by atoms with van der Waals surface area (Å²) in [7, 11) is 0. The molecule has 4 heteroatoms. The molecule has 0 aliphatic carbocycles. The van der Waals surface area contributed by atoms with Gasteiger partial charge in [-0.25, -0.2) is 0 Å². The van der Waals surface area contributed by atoms with E-state index in [1.165, 1.54) is 0 Å². The summed E-state index contributed by atoms with van der Waals surface area (Å²) in [6.07, 6.45) is 2.39. The van der Waals surface area contributed by atoms with E-state index in [-0.39, 0.29) is 5.97 Å². The van der Waals surface area contributed by atoms with Crippen LogP contribution >= 0.6 is 0 Å². The van der Waals surface area contributed by atoms with Crippen molar-refractivity contribution in [2.45, 2.75) is 32.2 Å². The second-order valence-electron chi connectivity index (χ2n) is 2.70. The minimum atomic E-state index is -0.549. The van der Waals surface area contributed by atoms with Crippen molar-refractivity contribution in [3.8, 4) is 0 Å². The Morgan fingerprint density at radius 1 is 1.58 bits per heavy atom. The van der Waals surface area contributed by atoms with E-state index in [4.69, 9.17) is 16.2 Å². The second kappa shape index (κ2) is 7.06. The van der Waals surface area contributed by atoms with Gasteiger partial charge in [-0.05, 0) is 19.4 Å². The van der Waals surface area contributed by atoms with Crippen molar-refractivity contribution in [1.82, 2.24) is 0 Å². The molecule has 1 atom stereocenters. The molecule has 0 aromatic heterocycles. The number of carbonyl (C=O) groups excluding carboxylic acids is 1. The predicted molar refractivity (Wildman–Crippen MR) is 47.5 cm³/mol. The lowest BCUT2D eigenvalue weighted by Crippen LogP contribution is -2.34. The minimum Gasteiger partial charge on any atom is -0.465 e. The normalized spacial score (nSPS) is 12.6. The van der Waals surface area contributed by atoms with E-state index >= 15 is 0 Å². The lowest BCUT2D eigenvalue weighted by molar-refractivity contribution is -0.145. The van der Waals surface area contributed by atoms with E-state index in [2.05, 4.69) is 0 Å². The highest BCUT2D eigenvalue weighted by molar-refractivity contribution is 5.75. The van der Waals surface area contributed by atoms with Crippen molar-refractivity contribution in [3.05, 3.63) is 0 Å². The van der Waals surface area contributed by atoms with Gasteiger partial charge in [0.1, 0.15) is 6.04 Å². The summed E-state index contributed by atoms with van der Waals surface area (Å²) in [6, 6.07) is -0.549. The van der Waals surface area contributed by atoms with Gasteiger partial charge in [0.25, 0.3) is 0 Å². The van der Waals surface area contributed by atoms with Gasteiger partial charge < -0.3 is 16.2 Å². The van der Waals surface area contributed by atoms with E-state index < -0.39 is 6.04 Å². The van der Waals surface area contributed by atoms with Crippen LogP contribution in [0.1, 0.15) is 26.2 Å². The van der Waals surface area contributed by atoms with Crippen molar-refractivity contribution < 1.29 is 9.53 Å². The predicted octanol–water partition coefficient (Wildman–Crippen LogP) is 0.00580. The van der Waals surface area contributed by atoms with Crippen LogP contribution in [0.4, 0.5) is 0 Å². The van der Waals surface area contributed by atoms with Crippen LogP contribution in [0.5, 0.6) is 0 Å². The number of hydrogen-bond acceptors (Lipinski definition) is 4. The van der Waals surface area contributed by atoms with Crippen LogP contribution in [0.2, 0.25) is 0 Å². The molecule has 0 saturated carbocycles. The zero-order chi connectivity index (χ0) is 9.40. The van der Waals surface area contributed by atoms with Crippen LogP contribution in [-0.2, 0) is 9.53 Å². The van der Waals surface area contributed by atoms with Gasteiger partial charge >= 0.3 is 5.97 Å². The number of esters is 1. The monoisotopic (exact) mass is 174 g/mol. The van der Waals surface area contributed by atoms with E-state index in [1.54, 1.807) is 0 Å². The molecule has 12 heavy (non-hydrogen) atoms. The molecular formula is C8H18N2O2. The molecule has 0 aliphatic heterocycles. The van der Waals surface area contributed by atoms with E-state index in [9.17, 15) is 4.79 Å². The number of rotatable bonds is 6. The van der Waals surface area contributed by atoms with Gasteiger partial charge in [0, 0.05) is 0 Å². The maximum Gasteiger partial charge on any atom is 0.322 e. The summed E-state index contributed by atoms with van der Waals surface area (Å²) in [5.41, 5.74) is 10.7. The first-order valence-electron chi connectivity index (χ1n) is 4.34. The molecule has 0 heterocycles. The molecule has 0 aromatic carbocycles. The minimum absolute atomic E-state index is 0.339. The van der Waals surface area contributed by atoms with Crippen LogP contribution in [0.25, 0.3) is 0 Å². The standard InChI is InChI=1S/C8H18N2O2/c1-2-3-6-12-8(11)7(10)4-5-9/h7H,2-6,9-10H2,1H3. The number of nitrogens with two attached hydrogens (primary N) is 2. The lowest BCUT2D eigenvalue weighted by Gasteiger charge is -2.09. The van der Waals surface area contributed by atoms with Gasteiger partial charge in [0.15, 0.2) is 0 Å². The molecular weight excluding hydrogens is 156 g/mol. The third-order valence-corrected chi connectivity index (χ3v) is 1.52. The summed E-state index contributed by atoms with van der Waals surface area (Å²) >= 11 is 0. The fourth-order valence-electron chi connectivity index (χ4n) is 0.722. The first-order valence-corrected chi connectivity index (χ1v) is 4.34. The average Bonchev–Trinajstić information content (AvgIpc) is 2.05. The molecule has 0 rings (SSSR count). The van der Waals surface area contributed by atoms with Gasteiger partial charge in [-0.2, -0.15) is 0 Å². The molecule has 4 N–H and O–H groups in total. The Morgan fingerprint density at radius 2 is 2.25 bits per heavy atom. The molecule has 0 radical (unpaired) electrons. The highest BCUT2D eigenvalue weighted by atomic mass is 16.5. The first kappa shape index (κ1) is 11.4. The maximum absolute atomic E-state index is 11.0. The highest BCUT2D eigenvalue weighted by Crippen LogP contribution is 1.93. The third-order valence-electron chi connectivity index (χ3n) is 1.52. The van der Waals surface area contributed by atoms with Crippen LogP contribution in [0.3, 0.4) is 0 Å². The summed E-state index contributed by atoms with van der Waals surface area (Å²) in [6.45, 7) is 2.92. The fourth-order valence-corrected chi connectivity index (χ4v) is 0.722. The number of unbranched alkanes of at least 4 members (excludes halogenated alkanes) is 1. The van der Waals surface area contributed by atoms with E-state index in [0.717, 1.165) is 12.8 Å². The lowest BCUT2D eigenvalue weighted by atomic mass is 10.2. The van der Waals surface area contributed by atoms with Gasteiger partial charge in [-0.1, -0.05) is 13.3 Å². The third kappa shape index (κ3) is 5.09. The highest BCUT2D eigenvalue weighted by Gasteiger charge is 2.12. The van der Waals surface area contributed by atoms with Gasteiger partial charge in [0.2, 0.25) is 0 Å². The molecule has 0 fully saturated rings. The Balaban J connectivity index is 3.43. The first-order chi connectivity index (χ1) is 5.72. The maximum atomic E-state index is 11.0. The zero-order valence-corrected chi connectivity index (χ0v) is 7.58. The summed E-state index contributed by atoms with van der Waals surface area (Å²) in [4.78, 5) is 11.0. The SMILES string of the molecule is CCCCOC(=O)C(N)CCN. The molecule has 72 valence electrons. The summed E-state index contributed by atoms with van der Waals surface area (Å²) in [5.74, 6) is -0.339. The van der Waals surface area contributed by atoms with Crippen LogP contribution < -0.4 is 11.5 Å². The van der Waals surface area contributed by atoms with E-state index in [1.807, 2.05) is 6.92 Å². The molecule has 0 saturated heterocycles. The Bertz CT molecular complexity index is 128. The van der Waals surface area contributed by atoms with Gasteiger partial charge in [-0.3, -0.25) is 4.79 Å². The molecule has 0 spiro atoms. The fraction of sp³-hybridized carbons (Fsp3) is 0.875. The van der Waals surface area contributed by atoms with Crippen molar-refractivity contribution in [1.29, 1.82) is 0 Å². The van der Waals surface area contributed by atoms with Crippen molar-refractivity contribution in [2.75, 3.05) is 13.2 Å². The molecule has 1 unspecified atom stereocenters. The van der Waals surface area contributed by atoms with Crippen LogP contribution in [0, 0.1) is 0 Å². The van der Waals surface area contributed by atoms with Crippen LogP contribution in [-0.4, -0.2) is 25.2 Å². The smallest absolute Gasteiger partial charge is 0.322 e. The average molecular weight is 174 g/mol. The van der Waals surface area contributed by atoms with Crippen LogP contribution in [0.15, 0.2) is 0 Å². The van der Waals surface area contributed by atoms with Crippen molar-refractivity contribution in [3.63, 3.8) is 0 Å². The second-order valence-corrected chi connectivity index (χ2v) is 2.70. The van der Waals surface area contributed by atoms with Crippen molar-refractivity contribution in [2.24, 2.45) is 11.5 Å². The van der Waals surface area contributed by atoms with Gasteiger partial charge in [0.05, 0.1) is 6.61 Å². The number of hydrogen-bond donors (Lipinski definition) is 2. The van der Waals surface area contributed by atoms with Crippen molar-refractivity contribution >= 4 is 5.97 Å². The molecule has 0 bridgehead atoms. The Morgan fingerprint density at radius 3 is 2.75 bits per heavy atom. The topological polar surface area (TPSA) is 78.3 Å².